The Labute approximate surface area is 140 Å². The number of fused-ring (bicyclic) bond motifs is 1. The number of nitrogens with one attached hydrogen (secondary N) is 3. The molecule has 0 radical (unpaired) electrons. The van der Waals surface area contributed by atoms with E-state index in [4.69, 9.17) is 11.2 Å². The van der Waals surface area contributed by atoms with Gasteiger partial charge in [-0.1, -0.05) is 18.1 Å². The average Bonchev–Trinajstić information content (AvgIpc) is 2.58. The van der Waals surface area contributed by atoms with Gasteiger partial charge in [-0.05, 0) is 12.1 Å². The fourth-order valence-corrected chi connectivity index (χ4v) is 2.38. The number of quaternary nitrogens is 1. The second kappa shape index (κ2) is 8.82. The Morgan fingerprint density at radius 1 is 1.46 bits per heavy atom. The van der Waals surface area contributed by atoms with Gasteiger partial charge in [0.25, 0.3) is 11.5 Å². The lowest BCUT2D eigenvalue weighted by molar-refractivity contribution is -0.906. The van der Waals surface area contributed by atoms with E-state index in [9.17, 15) is 9.59 Å². The first-order valence-electron chi connectivity index (χ1n) is 7.64. The molecule has 1 aromatic heterocycles. The van der Waals surface area contributed by atoms with Crippen LogP contribution in [-0.2, 0) is 16.1 Å². The fraction of sp³-hybridized carbons (Fsp3) is 0.353. The summed E-state index contributed by atoms with van der Waals surface area (Å²) in [6.07, 6.45) is 5.14. The summed E-state index contributed by atoms with van der Waals surface area (Å²) in [5.74, 6) is 2.75. The largest absolute Gasteiger partial charge is 0.379 e. The number of amides is 1. The van der Waals surface area contributed by atoms with E-state index in [1.54, 1.807) is 25.3 Å². The third-order valence-corrected chi connectivity index (χ3v) is 3.54. The van der Waals surface area contributed by atoms with Crippen LogP contribution < -0.4 is 15.8 Å². The van der Waals surface area contributed by atoms with Crippen LogP contribution in [0, 0.1) is 12.3 Å². The summed E-state index contributed by atoms with van der Waals surface area (Å²) in [7, 11) is 1.60. The highest BCUT2D eigenvalue weighted by Gasteiger charge is 2.16. The SMILES string of the molecule is C#CCNC(=O)C[NH+](CCOC)Cc1nc2ccccc2c(=O)[nH]1. The highest BCUT2D eigenvalue weighted by Crippen LogP contribution is 2.04. The van der Waals surface area contributed by atoms with Crippen molar-refractivity contribution in [3.8, 4) is 12.3 Å². The van der Waals surface area contributed by atoms with Gasteiger partial charge in [0.2, 0.25) is 0 Å². The van der Waals surface area contributed by atoms with Crippen LogP contribution in [0.1, 0.15) is 5.82 Å². The van der Waals surface area contributed by atoms with E-state index in [2.05, 4.69) is 21.2 Å². The number of para-hydroxylation sites is 1. The molecular weight excluding hydrogens is 308 g/mol. The third-order valence-electron chi connectivity index (χ3n) is 3.54. The molecule has 126 valence electrons. The van der Waals surface area contributed by atoms with Gasteiger partial charge >= 0.3 is 0 Å². The number of ether oxygens (including phenoxy) is 1. The first-order valence-corrected chi connectivity index (χ1v) is 7.64. The minimum absolute atomic E-state index is 0.151. The molecule has 2 rings (SSSR count). The smallest absolute Gasteiger partial charge is 0.275 e. The van der Waals surface area contributed by atoms with Crippen LogP contribution in [0.2, 0.25) is 0 Å². The van der Waals surface area contributed by atoms with Gasteiger partial charge in [-0.2, -0.15) is 0 Å². The Balaban J connectivity index is 2.14. The van der Waals surface area contributed by atoms with Gasteiger partial charge in [0, 0.05) is 7.11 Å². The van der Waals surface area contributed by atoms with Crippen molar-refractivity contribution >= 4 is 16.8 Å². The van der Waals surface area contributed by atoms with Gasteiger partial charge in [-0.25, -0.2) is 4.98 Å². The molecule has 0 aliphatic carbocycles. The average molecular weight is 329 g/mol. The Bertz CT molecular complexity index is 794. The number of H-pyrrole nitrogens is 1. The number of hydrogen-bond acceptors (Lipinski definition) is 4. The number of carbonyl (C=O) groups excluding carboxylic acids is 1. The molecule has 3 N–H and O–H groups in total. The summed E-state index contributed by atoms with van der Waals surface area (Å²) in [5, 5.41) is 3.18. The maximum absolute atomic E-state index is 12.1. The summed E-state index contributed by atoms with van der Waals surface area (Å²) < 4.78 is 5.09. The van der Waals surface area contributed by atoms with Crippen molar-refractivity contribution in [2.75, 3.05) is 33.4 Å². The van der Waals surface area contributed by atoms with Crippen LogP contribution in [0.5, 0.6) is 0 Å². The first kappa shape index (κ1) is 17.7. The molecule has 1 unspecified atom stereocenters. The zero-order valence-electron chi connectivity index (χ0n) is 13.6. The van der Waals surface area contributed by atoms with Crippen LogP contribution in [0.4, 0.5) is 0 Å². The molecule has 0 saturated carbocycles. The van der Waals surface area contributed by atoms with E-state index in [0.717, 1.165) is 4.90 Å². The number of aromatic nitrogens is 2. The third kappa shape index (κ3) is 4.91. The van der Waals surface area contributed by atoms with Gasteiger partial charge in [-0.15, -0.1) is 6.42 Å². The number of terminal acetylenes is 1. The summed E-state index contributed by atoms with van der Waals surface area (Å²) in [6, 6.07) is 7.16. The van der Waals surface area contributed by atoms with Crippen LogP contribution >= 0.6 is 0 Å². The van der Waals surface area contributed by atoms with Crippen molar-refractivity contribution in [1.82, 2.24) is 15.3 Å². The van der Waals surface area contributed by atoms with Crippen molar-refractivity contribution < 1.29 is 14.4 Å². The monoisotopic (exact) mass is 329 g/mol. The molecule has 2 aromatic rings. The lowest BCUT2D eigenvalue weighted by Crippen LogP contribution is -3.12. The molecule has 7 nitrogen and oxygen atoms in total. The van der Waals surface area contributed by atoms with Crippen molar-refractivity contribution in [2.45, 2.75) is 6.54 Å². The van der Waals surface area contributed by atoms with E-state index in [1.807, 2.05) is 6.07 Å². The standard InChI is InChI=1S/C17H20N4O3/c1-3-8-18-16(22)12-21(9-10-24-2)11-15-19-14-7-5-4-6-13(14)17(23)20-15/h1,4-7H,8-12H2,2H3,(H,18,22)(H,19,20,23)/p+1. The molecule has 0 aliphatic rings. The van der Waals surface area contributed by atoms with Crippen molar-refractivity contribution in [1.29, 1.82) is 0 Å². The molecule has 0 bridgehead atoms. The quantitative estimate of drug-likeness (QED) is 0.526. The number of carbonyl (C=O) groups is 1. The maximum atomic E-state index is 12.1. The van der Waals surface area contributed by atoms with Gasteiger partial charge in [0.15, 0.2) is 12.4 Å². The summed E-state index contributed by atoms with van der Waals surface area (Å²) in [5.41, 5.74) is 0.456. The molecule has 1 atom stereocenters. The Kier molecular flexibility index (Phi) is 6.49. The van der Waals surface area contributed by atoms with Crippen molar-refractivity contribution in [3.63, 3.8) is 0 Å². The van der Waals surface area contributed by atoms with Gasteiger partial charge in [0.05, 0.1) is 24.1 Å². The number of rotatable bonds is 8. The van der Waals surface area contributed by atoms with E-state index in [-0.39, 0.29) is 24.6 Å². The number of methoxy groups -OCH3 is 1. The minimum atomic E-state index is -0.182. The van der Waals surface area contributed by atoms with Crippen molar-refractivity contribution in [2.24, 2.45) is 0 Å². The van der Waals surface area contributed by atoms with Gasteiger partial charge in [0.1, 0.15) is 13.1 Å². The van der Waals surface area contributed by atoms with Crippen LogP contribution in [-0.4, -0.2) is 49.2 Å². The molecule has 0 aliphatic heterocycles. The minimum Gasteiger partial charge on any atom is -0.379 e. The first-order chi connectivity index (χ1) is 11.6. The number of benzene rings is 1. The molecule has 0 spiro atoms. The van der Waals surface area contributed by atoms with Crippen LogP contribution in [0.3, 0.4) is 0 Å². The normalized spacial score (nSPS) is 11.8. The number of nitrogens with zero attached hydrogens (tertiary/aromatic N) is 1. The highest BCUT2D eigenvalue weighted by molar-refractivity contribution is 5.77. The second-order valence-corrected chi connectivity index (χ2v) is 5.36. The topological polar surface area (TPSA) is 88.5 Å². The Morgan fingerprint density at radius 3 is 3.00 bits per heavy atom. The van der Waals surface area contributed by atoms with Crippen LogP contribution in [0.15, 0.2) is 29.1 Å². The predicted octanol–water partition coefficient (Wildman–Crippen LogP) is -1.30. The van der Waals surface area contributed by atoms with E-state index in [0.29, 0.717) is 36.4 Å². The second-order valence-electron chi connectivity index (χ2n) is 5.36. The number of hydrogen-bond donors (Lipinski definition) is 3. The maximum Gasteiger partial charge on any atom is 0.275 e. The summed E-state index contributed by atoms with van der Waals surface area (Å²) in [6.45, 7) is 1.93. The lowest BCUT2D eigenvalue weighted by Gasteiger charge is -2.18. The molecule has 0 saturated heterocycles. The lowest BCUT2D eigenvalue weighted by atomic mass is 10.2. The van der Waals surface area contributed by atoms with Gasteiger partial charge in [-0.3, -0.25) is 9.59 Å². The molecular formula is C17H21N4O3+. The molecule has 0 fully saturated rings. The zero-order chi connectivity index (χ0) is 17.4. The van der Waals surface area contributed by atoms with Crippen molar-refractivity contribution in [3.05, 3.63) is 40.4 Å². The molecule has 24 heavy (non-hydrogen) atoms. The molecule has 1 amide bonds. The van der Waals surface area contributed by atoms with E-state index < -0.39 is 0 Å². The number of aromatic amines is 1. The molecule has 1 aromatic carbocycles. The Morgan fingerprint density at radius 2 is 2.25 bits per heavy atom. The zero-order valence-corrected chi connectivity index (χ0v) is 13.6. The van der Waals surface area contributed by atoms with E-state index in [1.165, 1.54) is 0 Å². The summed E-state index contributed by atoms with van der Waals surface area (Å²) in [4.78, 5) is 32.2. The molecule has 7 heteroatoms. The predicted molar refractivity (Wildman–Crippen MR) is 90.5 cm³/mol. The van der Waals surface area contributed by atoms with Gasteiger partial charge < -0.3 is 19.9 Å². The van der Waals surface area contributed by atoms with Crippen LogP contribution in [0.25, 0.3) is 10.9 Å². The fourth-order valence-electron chi connectivity index (χ4n) is 2.38. The summed E-state index contributed by atoms with van der Waals surface area (Å²) >= 11 is 0. The highest BCUT2D eigenvalue weighted by atomic mass is 16.5. The molecule has 1 heterocycles. The Hall–Kier alpha value is -2.69. The van der Waals surface area contributed by atoms with E-state index >= 15 is 0 Å².